The van der Waals surface area contributed by atoms with Crippen molar-refractivity contribution < 1.29 is 9.53 Å². The molecule has 1 aliphatic heterocycles. The summed E-state index contributed by atoms with van der Waals surface area (Å²) in [6.45, 7) is 3.35. The zero-order chi connectivity index (χ0) is 14.2. The normalized spacial score (nSPS) is 22.9. The van der Waals surface area contributed by atoms with Gasteiger partial charge in [0.1, 0.15) is 5.69 Å². The fourth-order valence-corrected chi connectivity index (χ4v) is 2.65. The third kappa shape index (κ3) is 2.49. The number of hydrogen-bond acceptors (Lipinski definition) is 3. The number of nitrogens with two attached hydrogens (primary N) is 1. The van der Waals surface area contributed by atoms with E-state index in [1.54, 1.807) is 0 Å². The first kappa shape index (κ1) is 13.0. The van der Waals surface area contributed by atoms with Gasteiger partial charge in [0.15, 0.2) is 0 Å². The van der Waals surface area contributed by atoms with Gasteiger partial charge in [-0.25, -0.2) is 0 Å². The number of ether oxygens (including phenoxy) is 1. The van der Waals surface area contributed by atoms with Crippen molar-refractivity contribution in [2.45, 2.75) is 25.3 Å². The van der Waals surface area contributed by atoms with Gasteiger partial charge >= 0.3 is 0 Å². The van der Waals surface area contributed by atoms with Crippen LogP contribution in [0.4, 0.5) is 5.69 Å². The first-order valence-electron chi connectivity index (χ1n) is 6.84. The minimum Gasteiger partial charge on any atom is -0.399 e. The molecule has 0 spiro atoms. The number of rotatable bonds is 2. The van der Waals surface area contributed by atoms with E-state index in [-0.39, 0.29) is 11.4 Å². The number of amides is 1. The van der Waals surface area contributed by atoms with Crippen molar-refractivity contribution in [1.82, 2.24) is 10.3 Å². The molecule has 3 rings (SSSR count). The lowest BCUT2D eigenvalue weighted by molar-refractivity contribution is 0.0271. The van der Waals surface area contributed by atoms with Gasteiger partial charge in [0.05, 0.1) is 12.1 Å². The molecule has 0 saturated carbocycles. The molecule has 1 aromatic heterocycles. The maximum Gasteiger partial charge on any atom is 0.268 e. The Balaban J connectivity index is 1.81. The number of benzene rings is 1. The SMILES string of the molecule is CC1(NC(=O)c2cc3cc(N)ccc3[nH]2)CCCOC1. The lowest BCUT2D eigenvalue weighted by Crippen LogP contribution is -2.51. The molecule has 1 saturated heterocycles. The summed E-state index contributed by atoms with van der Waals surface area (Å²) in [5.41, 5.74) is 7.62. The second-order valence-electron chi connectivity index (χ2n) is 5.70. The number of fused-ring (bicyclic) bond motifs is 1. The van der Waals surface area contributed by atoms with E-state index >= 15 is 0 Å². The molecule has 1 aliphatic rings. The van der Waals surface area contributed by atoms with Crippen molar-refractivity contribution in [2.24, 2.45) is 0 Å². The van der Waals surface area contributed by atoms with Crippen molar-refractivity contribution in [3.05, 3.63) is 30.0 Å². The molecule has 0 radical (unpaired) electrons. The van der Waals surface area contributed by atoms with E-state index in [0.717, 1.165) is 30.4 Å². The average Bonchev–Trinajstić information content (AvgIpc) is 2.82. The third-order valence-electron chi connectivity index (χ3n) is 3.74. The van der Waals surface area contributed by atoms with Gasteiger partial charge in [0.25, 0.3) is 5.91 Å². The Morgan fingerprint density at radius 1 is 1.45 bits per heavy atom. The van der Waals surface area contributed by atoms with Gasteiger partial charge in [-0.05, 0) is 44.0 Å². The monoisotopic (exact) mass is 273 g/mol. The minimum absolute atomic E-state index is 0.104. The smallest absolute Gasteiger partial charge is 0.268 e. The number of nitrogen functional groups attached to an aromatic ring is 1. The van der Waals surface area contributed by atoms with E-state index in [4.69, 9.17) is 10.5 Å². The highest BCUT2D eigenvalue weighted by Gasteiger charge is 2.30. The molecule has 1 amide bonds. The predicted molar refractivity (Wildman–Crippen MR) is 78.6 cm³/mol. The predicted octanol–water partition coefficient (Wildman–Crippen LogP) is 2.05. The standard InChI is InChI=1S/C15H19N3O2/c1-15(5-2-6-20-9-15)18-14(19)13-8-10-7-11(16)3-4-12(10)17-13/h3-4,7-8,17H,2,5-6,9,16H2,1H3,(H,18,19). The van der Waals surface area contributed by atoms with Gasteiger partial charge in [-0.15, -0.1) is 0 Å². The van der Waals surface area contributed by atoms with Crippen molar-refractivity contribution >= 4 is 22.5 Å². The van der Waals surface area contributed by atoms with Gasteiger partial charge in [0.2, 0.25) is 0 Å². The molecule has 0 aliphatic carbocycles. The van der Waals surface area contributed by atoms with Crippen LogP contribution in [0.3, 0.4) is 0 Å². The molecule has 20 heavy (non-hydrogen) atoms. The lowest BCUT2D eigenvalue weighted by atomic mass is 9.95. The number of nitrogens with one attached hydrogen (secondary N) is 2. The maximum atomic E-state index is 12.3. The zero-order valence-electron chi connectivity index (χ0n) is 11.5. The van der Waals surface area contributed by atoms with Crippen LogP contribution >= 0.6 is 0 Å². The molecule has 1 aromatic carbocycles. The molecule has 1 atom stereocenters. The van der Waals surface area contributed by atoms with E-state index in [1.165, 1.54) is 0 Å². The second kappa shape index (κ2) is 4.83. The largest absolute Gasteiger partial charge is 0.399 e. The first-order valence-corrected chi connectivity index (χ1v) is 6.84. The quantitative estimate of drug-likeness (QED) is 0.733. The van der Waals surface area contributed by atoms with Gasteiger partial charge in [-0.3, -0.25) is 4.79 Å². The molecule has 2 aromatic rings. The number of carbonyl (C=O) groups excluding carboxylic acids is 1. The average molecular weight is 273 g/mol. The van der Waals surface area contributed by atoms with Crippen LogP contribution in [-0.2, 0) is 4.74 Å². The molecule has 5 nitrogen and oxygen atoms in total. The van der Waals surface area contributed by atoms with Gasteiger partial charge in [0, 0.05) is 23.2 Å². The van der Waals surface area contributed by atoms with Crippen LogP contribution < -0.4 is 11.1 Å². The zero-order valence-corrected chi connectivity index (χ0v) is 11.5. The number of aromatic amines is 1. The van der Waals surface area contributed by atoms with Crippen LogP contribution in [0.2, 0.25) is 0 Å². The van der Waals surface area contributed by atoms with E-state index in [1.807, 2.05) is 31.2 Å². The Morgan fingerprint density at radius 3 is 3.05 bits per heavy atom. The summed E-state index contributed by atoms with van der Waals surface area (Å²) in [6.07, 6.45) is 1.91. The fraction of sp³-hybridized carbons (Fsp3) is 0.400. The summed E-state index contributed by atoms with van der Waals surface area (Å²) in [7, 11) is 0. The Morgan fingerprint density at radius 2 is 2.30 bits per heavy atom. The summed E-state index contributed by atoms with van der Waals surface area (Å²) in [5, 5.41) is 4.01. The maximum absolute atomic E-state index is 12.3. The molecule has 0 bridgehead atoms. The Bertz CT molecular complexity index is 642. The molecule has 1 unspecified atom stereocenters. The molecule has 5 heteroatoms. The van der Waals surface area contributed by atoms with Crippen LogP contribution in [-0.4, -0.2) is 29.6 Å². The molecule has 4 N–H and O–H groups in total. The van der Waals surface area contributed by atoms with Crippen molar-refractivity contribution in [1.29, 1.82) is 0 Å². The topological polar surface area (TPSA) is 80.1 Å². The number of anilines is 1. The van der Waals surface area contributed by atoms with Gasteiger partial charge in [-0.2, -0.15) is 0 Å². The van der Waals surface area contributed by atoms with E-state index in [2.05, 4.69) is 10.3 Å². The molecule has 106 valence electrons. The summed E-state index contributed by atoms with van der Waals surface area (Å²) >= 11 is 0. The first-order chi connectivity index (χ1) is 9.56. The van der Waals surface area contributed by atoms with Crippen molar-refractivity contribution in [3.8, 4) is 0 Å². The van der Waals surface area contributed by atoms with E-state index < -0.39 is 0 Å². The highest BCUT2D eigenvalue weighted by molar-refractivity contribution is 5.98. The number of aromatic nitrogens is 1. The van der Waals surface area contributed by atoms with Crippen LogP contribution in [0.1, 0.15) is 30.3 Å². The summed E-state index contributed by atoms with van der Waals surface area (Å²) < 4.78 is 5.46. The van der Waals surface area contributed by atoms with Crippen LogP contribution in [0.15, 0.2) is 24.3 Å². The second-order valence-corrected chi connectivity index (χ2v) is 5.70. The Kier molecular flexibility index (Phi) is 3.14. The molecular weight excluding hydrogens is 254 g/mol. The molecule has 1 fully saturated rings. The highest BCUT2D eigenvalue weighted by Crippen LogP contribution is 2.21. The van der Waals surface area contributed by atoms with Crippen molar-refractivity contribution in [3.63, 3.8) is 0 Å². The fourth-order valence-electron chi connectivity index (χ4n) is 2.65. The molecule has 2 heterocycles. The Hall–Kier alpha value is -2.01. The van der Waals surface area contributed by atoms with Crippen LogP contribution in [0.25, 0.3) is 10.9 Å². The summed E-state index contributed by atoms with van der Waals surface area (Å²) in [6, 6.07) is 7.38. The van der Waals surface area contributed by atoms with Crippen LogP contribution in [0, 0.1) is 0 Å². The third-order valence-corrected chi connectivity index (χ3v) is 3.74. The minimum atomic E-state index is -0.286. The lowest BCUT2D eigenvalue weighted by Gasteiger charge is -2.34. The summed E-state index contributed by atoms with van der Waals surface area (Å²) in [4.78, 5) is 15.5. The van der Waals surface area contributed by atoms with Gasteiger partial charge in [-0.1, -0.05) is 0 Å². The van der Waals surface area contributed by atoms with Crippen LogP contribution in [0.5, 0.6) is 0 Å². The number of carbonyl (C=O) groups is 1. The number of H-pyrrole nitrogens is 1. The van der Waals surface area contributed by atoms with E-state index in [0.29, 0.717) is 18.0 Å². The number of hydrogen-bond donors (Lipinski definition) is 3. The molecular formula is C15H19N3O2. The Labute approximate surface area is 117 Å². The highest BCUT2D eigenvalue weighted by atomic mass is 16.5. The summed E-state index contributed by atoms with van der Waals surface area (Å²) in [5.74, 6) is -0.104. The van der Waals surface area contributed by atoms with E-state index in [9.17, 15) is 4.79 Å². The van der Waals surface area contributed by atoms with Crippen molar-refractivity contribution in [2.75, 3.05) is 18.9 Å². The van der Waals surface area contributed by atoms with Gasteiger partial charge < -0.3 is 20.8 Å².